The van der Waals surface area contributed by atoms with Gasteiger partial charge in [-0.15, -0.1) is 0 Å². The van der Waals surface area contributed by atoms with Crippen molar-refractivity contribution in [3.63, 3.8) is 0 Å². The Morgan fingerprint density at radius 2 is 1.83 bits per heavy atom. The highest BCUT2D eigenvalue weighted by atomic mass is 35.5. The quantitative estimate of drug-likeness (QED) is 0.803. The third-order valence-corrected chi connectivity index (χ3v) is 5.35. The van der Waals surface area contributed by atoms with Gasteiger partial charge in [0, 0.05) is 18.6 Å². The highest BCUT2D eigenvalue weighted by molar-refractivity contribution is 7.89. The maximum Gasteiger partial charge on any atom is 0.244 e. The molecule has 0 aliphatic carbocycles. The molecule has 0 atom stereocenters. The minimum atomic E-state index is -3.73. The van der Waals surface area contributed by atoms with Gasteiger partial charge in [0.25, 0.3) is 0 Å². The van der Waals surface area contributed by atoms with Crippen LogP contribution in [0.1, 0.15) is 5.56 Å². The molecule has 7 heteroatoms. The van der Waals surface area contributed by atoms with E-state index in [1.807, 2.05) is 6.07 Å². The number of rotatable bonds is 6. The lowest BCUT2D eigenvalue weighted by Gasteiger charge is -2.18. The first-order chi connectivity index (χ1) is 10.9. The SMILES string of the molecule is CN(CCOc1ccc(Cl)cc1)S(=O)(=O)c1ccccc1C#N. The maximum absolute atomic E-state index is 12.5. The van der Waals surface area contributed by atoms with Crippen LogP contribution in [0.15, 0.2) is 53.4 Å². The highest BCUT2D eigenvalue weighted by Gasteiger charge is 2.23. The second-order valence-corrected chi connectivity index (χ2v) is 7.19. The maximum atomic E-state index is 12.5. The Kier molecular flexibility index (Phi) is 5.61. The predicted molar refractivity (Wildman–Crippen MR) is 87.9 cm³/mol. The van der Waals surface area contributed by atoms with Crippen LogP contribution in [0.5, 0.6) is 5.75 Å². The van der Waals surface area contributed by atoms with Crippen molar-refractivity contribution in [1.82, 2.24) is 4.31 Å². The van der Waals surface area contributed by atoms with Crippen molar-refractivity contribution in [2.24, 2.45) is 0 Å². The van der Waals surface area contributed by atoms with Crippen LogP contribution < -0.4 is 4.74 Å². The molecule has 0 heterocycles. The van der Waals surface area contributed by atoms with Gasteiger partial charge in [0.1, 0.15) is 18.4 Å². The minimum Gasteiger partial charge on any atom is -0.492 e. The lowest BCUT2D eigenvalue weighted by molar-refractivity contribution is 0.287. The molecule has 120 valence electrons. The zero-order valence-electron chi connectivity index (χ0n) is 12.4. The Balaban J connectivity index is 2.03. The highest BCUT2D eigenvalue weighted by Crippen LogP contribution is 2.19. The largest absolute Gasteiger partial charge is 0.492 e. The molecule has 2 rings (SSSR count). The number of hydrogen-bond acceptors (Lipinski definition) is 4. The minimum absolute atomic E-state index is 0.00325. The lowest BCUT2D eigenvalue weighted by atomic mass is 10.2. The van der Waals surface area contributed by atoms with E-state index in [4.69, 9.17) is 21.6 Å². The van der Waals surface area contributed by atoms with Crippen LogP contribution in [0.3, 0.4) is 0 Å². The van der Waals surface area contributed by atoms with Crippen LogP contribution in [0.4, 0.5) is 0 Å². The number of likely N-dealkylation sites (N-methyl/N-ethyl adjacent to an activating group) is 1. The first-order valence-electron chi connectivity index (χ1n) is 6.79. The van der Waals surface area contributed by atoms with Gasteiger partial charge in [0.15, 0.2) is 0 Å². The Morgan fingerprint density at radius 3 is 2.48 bits per heavy atom. The van der Waals surface area contributed by atoms with E-state index in [1.165, 1.54) is 23.5 Å². The molecule has 0 unspecified atom stereocenters. The molecule has 0 spiro atoms. The first kappa shape index (κ1) is 17.3. The van der Waals surface area contributed by atoms with Crippen molar-refractivity contribution >= 4 is 21.6 Å². The Morgan fingerprint density at radius 1 is 1.17 bits per heavy atom. The monoisotopic (exact) mass is 350 g/mol. The number of nitrogens with zero attached hydrogens (tertiary/aromatic N) is 2. The van der Waals surface area contributed by atoms with Crippen molar-refractivity contribution in [2.45, 2.75) is 4.90 Å². The van der Waals surface area contributed by atoms with Gasteiger partial charge in [0.2, 0.25) is 10.0 Å². The molecule has 0 amide bonds. The fraction of sp³-hybridized carbons (Fsp3) is 0.188. The summed E-state index contributed by atoms with van der Waals surface area (Å²) in [6, 6.07) is 14.8. The molecule has 0 fully saturated rings. The van der Waals surface area contributed by atoms with Gasteiger partial charge in [0.05, 0.1) is 10.5 Å². The van der Waals surface area contributed by atoms with Gasteiger partial charge in [-0.05, 0) is 36.4 Å². The second kappa shape index (κ2) is 7.47. The van der Waals surface area contributed by atoms with E-state index in [0.29, 0.717) is 10.8 Å². The first-order valence-corrected chi connectivity index (χ1v) is 8.61. The van der Waals surface area contributed by atoms with Crippen LogP contribution in [-0.4, -0.2) is 32.9 Å². The normalized spacial score (nSPS) is 11.2. The third kappa shape index (κ3) is 4.23. The fourth-order valence-electron chi connectivity index (χ4n) is 1.89. The lowest BCUT2D eigenvalue weighted by Crippen LogP contribution is -2.31. The second-order valence-electron chi connectivity index (χ2n) is 4.74. The topological polar surface area (TPSA) is 70.4 Å². The summed E-state index contributed by atoms with van der Waals surface area (Å²) in [5.74, 6) is 0.609. The van der Waals surface area contributed by atoms with Gasteiger partial charge in [-0.2, -0.15) is 9.57 Å². The van der Waals surface area contributed by atoms with Crippen molar-refractivity contribution in [3.8, 4) is 11.8 Å². The Bertz CT molecular complexity index is 814. The summed E-state index contributed by atoms with van der Waals surface area (Å²) in [5, 5.41) is 9.64. The molecule has 0 aliphatic heterocycles. The van der Waals surface area contributed by atoms with E-state index >= 15 is 0 Å². The molecule has 23 heavy (non-hydrogen) atoms. The average molecular weight is 351 g/mol. The summed E-state index contributed by atoms with van der Waals surface area (Å²) in [5.41, 5.74) is 0.123. The number of benzene rings is 2. The van der Waals surface area contributed by atoms with Crippen molar-refractivity contribution in [1.29, 1.82) is 5.26 Å². The number of hydrogen-bond donors (Lipinski definition) is 0. The van der Waals surface area contributed by atoms with Gasteiger partial charge < -0.3 is 4.74 Å². The zero-order chi connectivity index (χ0) is 16.9. The Labute approximate surface area is 140 Å². The average Bonchev–Trinajstić information content (AvgIpc) is 2.56. The molecule has 0 radical (unpaired) electrons. The fourth-order valence-corrected chi connectivity index (χ4v) is 3.31. The Hall–Kier alpha value is -2.07. The summed E-state index contributed by atoms with van der Waals surface area (Å²) >= 11 is 5.78. The summed E-state index contributed by atoms with van der Waals surface area (Å²) in [7, 11) is -2.28. The van der Waals surface area contributed by atoms with Crippen LogP contribution in [-0.2, 0) is 10.0 Å². The summed E-state index contributed by atoms with van der Waals surface area (Å²) in [4.78, 5) is -0.00325. The van der Waals surface area contributed by atoms with E-state index < -0.39 is 10.0 Å². The van der Waals surface area contributed by atoms with Crippen LogP contribution in [0.2, 0.25) is 5.02 Å². The van der Waals surface area contributed by atoms with E-state index in [1.54, 1.807) is 36.4 Å². The molecule has 2 aromatic rings. The summed E-state index contributed by atoms with van der Waals surface area (Å²) in [6.07, 6.45) is 0. The molecule has 0 N–H and O–H groups in total. The standard InChI is InChI=1S/C16H15ClN2O3S/c1-19(10-11-22-15-8-6-14(17)7-9-15)23(20,21)16-5-3-2-4-13(16)12-18/h2-9H,10-11H2,1H3. The summed E-state index contributed by atoms with van der Waals surface area (Å²) < 4.78 is 31.7. The van der Waals surface area contributed by atoms with Gasteiger partial charge in [-0.3, -0.25) is 0 Å². The number of ether oxygens (including phenoxy) is 1. The van der Waals surface area contributed by atoms with Crippen LogP contribution in [0, 0.1) is 11.3 Å². The smallest absolute Gasteiger partial charge is 0.244 e. The van der Waals surface area contributed by atoms with E-state index in [-0.39, 0.29) is 23.6 Å². The number of nitriles is 1. The number of sulfonamides is 1. The van der Waals surface area contributed by atoms with Gasteiger partial charge in [-0.1, -0.05) is 23.7 Å². The molecule has 0 saturated carbocycles. The molecule has 0 aromatic heterocycles. The molecule has 0 aliphatic rings. The van der Waals surface area contributed by atoms with Gasteiger partial charge in [-0.25, -0.2) is 8.42 Å². The molecular weight excluding hydrogens is 336 g/mol. The van der Waals surface area contributed by atoms with Gasteiger partial charge >= 0.3 is 0 Å². The predicted octanol–water partition coefficient (Wildman–Crippen LogP) is 2.91. The molecule has 5 nitrogen and oxygen atoms in total. The molecule has 0 bridgehead atoms. The van der Waals surface area contributed by atoms with E-state index in [9.17, 15) is 8.42 Å². The summed E-state index contributed by atoms with van der Waals surface area (Å²) in [6.45, 7) is 0.344. The van der Waals surface area contributed by atoms with E-state index in [0.717, 1.165) is 0 Å². The molecule has 2 aromatic carbocycles. The van der Waals surface area contributed by atoms with Crippen LogP contribution >= 0.6 is 11.6 Å². The van der Waals surface area contributed by atoms with Crippen molar-refractivity contribution in [2.75, 3.05) is 20.2 Å². The van der Waals surface area contributed by atoms with Crippen molar-refractivity contribution in [3.05, 3.63) is 59.1 Å². The molecular formula is C16H15ClN2O3S. The van der Waals surface area contributed by atoms with Crippen LogP contribution in [0.25, 0.3) is 0 Å². The zero-order valence-corrected chi connectivity index (χ0v) is 14.0. The number of halogens is 1. The van der Waals surface area contributed by atoms with E-state index in [2.05, 4.69) is 0 Å². The molecule has 0 saturated heterocycles. The third-order valence-electron chi connectivity index (χ3n) is 3.18. The van der Waals surface area contributed by atoms with Crippen molar-refractivity contribution < 1.29 is 13.2 Å².